The van der Waals surface area contributed by atoms with E-state index in [1.54, 1.807) is 0 Å². The summed E-state index contributed by atoms with van der Waals surface area (Å²) in [5.74, 6) is 0.965. The molecule has 1 atom stereocenters. The molecule has 0 radical (unpaired) electrons. The monoisotopic (exact) mass is 384 g/mol. The number of morpholine rings is 1. The lowest BCUT2D eigenvalue weighted by molar-refractivity contribution is 0.122. The van der Waals surface area contributed by atoms with Crippen LogP contribution in [-0.2, 0) is 11.3 Å². The van der Waals surface area contributed by atoms with Gasteiger partial charge in [0.15, 0.2) is 0 Å². The van der Waals surface area contributed by atoms with Crippen molar-refractivity contribution in [3.05, 3.63) is 41.9 Å². The van der Waals surface area contributed by atoms with Gasteiger partial charge in [-0.15, -0.1) is 0 Å². The van der Waals surface area contributed by atoms with E-state index in [-0.39, 0.29) is 12.1 Å². The summed E-state index contributed by atoms with van der Waals surface area (Å²) in [6, 6.07) is 4.28. The Morgan fingerprint density at radius 2 is 2.11 bits per heavy atom. The Hall–Kier alpha value is -2.61. The van der Waals surface area contributed by atoms with Crippen molar-refractivity contribution in [3.8, 4) is 0 Å². The quantitative estimate of drug-likeness (QED) is 0.872. The summed E-state index contributed by atoms with van der Waals surface area (Å²) >= 11 is 0. The molecule has 1 unspecified atom stereocenters. The van der Waals surface area contributed by atoms with Gasteiger partial charge in [0, 0.05) is 45.1 Å². The van der Waals surface area contributed by atoms with E-state index in [0.717, 1.165) is 62.6 Å². The Kier molecular flexibility index (Phi) is 5.76. The normalized spacial score (nSPS) is 20.2. The summed E-state index contributed by atoms with van der Waals surface area (Å²) in [6.07, 6.45) is 7.81. The summed E-state index contributed by atoms with van der Waals surface area (Å²) in [4.78, 5) is 21.3. The number of rotatable bonds is 4. The highest BCUT2D eigenvalue weighted by Crippen LogP contribution is 2.21. The minimum Gasteiger partial charge on any atom is -0.378 e. The second-order valence-electron chi connectivity index (χ2n) is 7.52. The van der Waals surface area contributed by atoms with Gasteiger partial charge in [0.2, 0.25) is 0 Å². The summed E-state index contributed by atoms with van der Waals surface area (Å²) in [6.45, 7) is 7.23. The van der Waals surface area contributed by atoms with E-state index in [2.05, 4.69) is 20.3 Å². The maximum absolute atomic E-state index is 12.6. The number of pyridine rings is 1. The molecule has 0 spiro atoms. The first kappa shape index (κ1) is 18.7. The molecule has 2 amide bonds. The fraction of sp³-hybridized carbons (Fsp3) is 0.550. The second-order valence-corrected chi connectivity index (χ2v) is 7.52. The number of nitrogens with zero attached hydrogens (tertiary/aromatic N) is 5. The molecule has 4 heterocycles. The average Bonchev–Trinajstić information content (AvgIpc) is 3.19. The van der Waals surface area contributed by atoms with Crippen molar-refractivity contribution in [2.75, 3.05) is 44.3 Å². The molecule has 8 nitrogen and oxygen atoms in total. The van der Waals surface area contributed by atoms with Crippen LogP contribution < -0.4 is 10.2 Å². The third-order valence-corrected chi connectivity index (χ3v) is 5.38. The number of hydrogen-bond donors (Lipinski definition) is 1. The van der Waals surface area contributed by atoms with Gasteiger partial charge in [-0.05, 0) is 37.0 Å². The molecular weight excluding hydrogens is 356 g/mol. The molecule has 2 aromatic heterocycles. The zero-order valence-electron chi connectivity index (χ0n) is 16.4. The molecule has 2 aromatic rings. The summed E-state index contributed by atoms with van der Waals surface area (Å²) in [5.41, 5.74) is 2.15. The molecule has 2 fully saturated rings. The van der Waals surface area contributed by atoms with E-state index in [9.17, 15) is 4.79 Å². The van der Waals surface area contributed by atoms with Crippen molar-refractivity contribution in [2.24, 2.45) is 0 Å². The second kappa shape index (κ2) is 8.60. The zero-order valence-corrected chi connectivity index (χ0v) is 16.4. The third kappa shape index (κ3) is 4.44. The van der Waals surface area contributed by atoms with E-state index in [0.29, 0.717) is 13.1 Å². The van der Waals surface area contributed by atoms with E-state index in [1.165, 1.54) is 0 Å². The van der Waals surface area contributed by atoms with Crippen LogP contribution in [0.2, 0.25) is 0 Å². The molecule has 1 N–H and O–H groups in total. The number of likely N-dealkylation sites (tertiary alicyclic amines) is 1. The van der Waals surface area contributed by atoms with Gasteiger partial charge in [0.25, 0.3) is 0 Å². The van der Waals surface area contributed by atoms with Crippen LogP contribution in [0.3, 0.4) is 0 Å². The highest BCUT2D eigenvalue weighted by molar-refractivity contribution is 5.74. The molecule has 0 aliphatic carbocycles. The van der Waals surface area contributed by atoms with Crippen LogP contribution in [0, 0.1) is 6.92 Å². The third-order valence-electron chi connectivity index (χ3n) is 5.38. The molecule has 0 saturated carbocycles. The number of ether oxygens (including phenoxy) is 1. The molecule has 8 heteroatoms. The summed E-state index contributed by atoms with van der Waals surface area (Å²) < 4.78 is 7.37. The lowest BCUT2D eigenvalue weighted by Gasteiger charge is -2.33. The van der Waals surface area contributed by atoms with Crippen LogP contribution in [0.25, 0.3) is 0 Å². The fourth-order valence-electron chi connectivity index (χ4n) is 3.78. The number of nitrogens with one attached hydrogen (secondary N) is 1. The molecule has 28 heavy (non-hydrogen) atoms. The number of carbonyl (C=O) groups is 1. The Morgan fingerprint density at radius 3 is 2.82 bits per heavy atom. The van der Waals surface area contributed by atoms with Crippen molar-refractivity contribution >= 4 is 11.8 Å². The van der Waals surface area contributed by atoms with Gasteiger partial charge in [-0.1, -0.05) is 6.07 Å². The van der Waals surface area contributed by atoms with Gasteiger partial charge < -0.3 is 19.9 Å². The lowest BCUT2D eigenvalue weighted by Crippen LogP contribution is -2.45. The molecule has 2 saturated heterocycles. The van der Waals surface area contributed by atoms with Crippen molar-refractivity contribution < 1.29 is 9.53 Å². The zero-order chi connectivity index (χ0) is 19.3. The Labute approximate surface area is 165 Å². The van der Waals surface area contributed by atoms with Crippen molar-refractivity contribution in [3.63, 3.8) is 0 Å². The lowest BCUT2D eigenvalue weighted by atomic mass is 10.1. The number of piperidine rings is 1. The molecule has 0 aromatic carbocycles. The van der Waals surface area contributed by atoms with Gasteiger partial charge in [0.1, 0.15) is 5.82 Å². The molecule has 2 aliphatic heterocycles. The molecular formula is C20H28N6O2. The number of urea groups is 1. The summed E-state index contributed by atoms with van der Waals surface area (Å²) in [7, 11) is 0. The predicted octanol–water partition coefficient (Wildman–Crippen LogP) is 1.97. The van der Waals surface area contributed by atoms with Crippen LogP contribution in [0.15, 0.2) is 30.7 Å². The number of amides is 2. The van der Waals surface area contributed by atoms with Crippen molar-refractivity contribution in [2.45, 2.75) is 32.4 Å². The summed E-state index contributed by atoms with van der Waals surface area (Å²) in [5, 5.41) is 7.44. The molecule has 150 valence electrons. The van der Waals surface area contributed by atoms with Crippen LogP contribution in [-0.4, -0.2) is 65.1 Å². The standard InChI is InChI=1S/C20H28N6O2/c1-16-11-23-26(14-16)18-3-2-6-25(15-18)20(27)22-13-17-4-5-19(21-12-17)24-7-9-28-10-8-24/h4-5,11-12,14,18H,2-3,6-10,13,15H2,1H3,(H,22,27). The number of carbonyl (C=O) groups excluding carboxylic acids is 1. The van der Waals surface area contributed by atoms with Gasteiger partial charge in [-0.3, -0.25) is 4.68 Å². The number of aryl methyl sites for hydroxylation is 1. The molecule has 0 bridgehead atoms. The predicted molar refractivity (Wildman–Crippen MR) is 106 cm³/mol. The first-order chi connectivity index (χ1) is 13.7. The number of hydrogen-bond acceptors (Lipinski definition) is 5. The minimum atomic E-state index is -0.0224. The van der Waals surface area contributed by atoms with Crippen LogP contribution in [0.1, 0.15) is 30.0 Å². The fourth-order valence-corrected chi connectivity index (χ4v) is 3.78. The van der Waals surface area contributed by atoms with Gasteiger partial charge in [-0.25, -0.2) is 9.78 Å². The first-order valence-corrected chi connectivity index (χ1v) is 10.0. The van der Waals surface area contributed by atoms with Gasteiger partial charge >= 0.3 is 6.03 Å². The van der Waals surface area contributed by atoms with Crippen LogP contribution in [0.5, 0.6) is 0 Å². The number of aromatic nitrogens is 3. The SMILES string of the molecule is Cc1cnn(C2CCCN(C(=O)NCc3ccc(N4CCOCC4)nc3)C2)c1. The van der Waals surface area contributed by atoms with E-state index in [4.69, 9.17) is 4.74 Å². The number of anilines is 1. The minimum absolute atomic E-state index is 0.0224. The molecule has 2 aliphatic rings. The van der Waals surface area contributed by atoms with Gasteiger partial charge in [0.05, 0.1) is 25.5 Å². The van der Waals surface area contributed by atoms with Crippen LogP contribution in [0.4, 0.5) is 10.6 Å². The highest BCUT2D eigenvalue weighted by Gasteiger charge is 2.25. The highest BCUT2D eigenvalue weighted by atomic mass is 16.5. The largest absolute Gasteiger partial charge is 0.378 e. The van der Waals surface area contributed by atoms with Crippen molar-refractivity contribution in [1.82, 2.24) is 25.0 Å². The smallest absolute Gasteiger partial charge is 0.317 e. The van der Waals surface area contributed by atoms with Crippen LogP contribution >= 0.6 is 0 Å². The maximum atomic E-state index is 12.6. The molecule has 4 rings (SSSR count). The van der Waals surface area contributed by atoms with E-state index >= 15 is 0 Å². The van der Waals surface area contributed by atoms with Crippen molar-refractivity contribution in [1.29, 1.82) is 0 Å². The topological polar surface area (TPSA) is 75.5 Å². The van der Waals surface area contributed by atoms with Gasteiger partial charge in [-0.2, -0.15) is 5.10 Å². The Morgan fingerprint density at radius 1 is 1.25 bits per heavy atom. The first-order valence-electron chi connectivity index (χ1n) is 10.0. The average molecular weight is 384 g/mol. The Bertz CT molecular complexity index is 784. The maximum Gasteiger partial charge on any atom is 0.317 e. The van der Waals surface area contributed by atoms with E-state index < -0.39 is 0 Å². The Balaban J connectivity index is 1.28. The van der Waals surface area contributed by atoms with E-state index in [1.807, 2.05) is 47.2 Å².